The van der Waals surface area contributed by atoms with Crippen molar-refractivity contribution in [1.29, 1.82) is 0 Å². The van der Waals surface area contributed by atoms with Gasteiger partial charge in [-0.1, -0.05) is 0 Å². The average molecular weight is 246 g/mol. The fourth-order valence-electron chi connectivity index (χ4n) is 1.28. The Hall–Kier alpha value is -1.92. The minimum Gasteiger partial charge on any atom is -0.466 e. The molecule has 0 radical (unpaired) electrons. The smallest absolute Gasteiger partial charge is 0.310 e. The van der Waals surface area contributed by atoms with Gasteiger partial charge in [0.2, 0.25) is 0 Å². The molecular weight excluding hydrogens is 234 g/mol. The number of hydrogen-bond acceptors (Lipinski definition) is 4. The standard InChI is InChI=1S/C10H12F2N2O3/c1-2-17-8(15)3-5-6(13)4-7(9(11)12)14-10(5)16/h4,9H,2-3H2,1H3,(H3,13,14,16). The number of carbonyl (C=O) groups is 1. The van der Waals surface area contributed by atoms with Gasteiger partial charge in [0, 0.05) is 5.69 Å². The Kier molecular flexibility index (Phi) is 4.19. The van der Waals surface area contributed by atoms with Crippen LogP contribution in [-0.4, -0.2) is 17.6 Å². The van der Waals surface area contributed by atoms with Crippen LogP contribution in [0.25, 0.3) is 0 Å². The van der Waals surface area contributed by atoms with Crippen LogP contribution in [0, 0.1) is 0 Å². The number of H-pyrrole nitrogens is 1. The highest BCUT2D eigenvalue weighted by molar-refractivity contribution is 5.74. The fraction of sp³-hybridized carbons (Fsp3) is 0.400. The first-order valence-corrected chi connectivity index (χ1v) is 4.91. The largest absolute Gasteiger partial charge is 0.466 e. The molecule has 3 N–H and O–H groups in total. The monoisotopic (exact) mass is 246 g/mol. The molecule has 0 bridgehead atoms. The molecule has 17 heavy (non-hydrogen) atoms. The van der Waals surface area contributed by atoms with Gasteiger partial charge in [0.25, 0.3) is 12.0 Å². The molecule has 0 atom stereocenters. The van der Waals surface area contributed by atoms with Gasteiger partial charge in [-0.25, -0.2) is 8.78 Å². The van der Waals surface area contributed by atoms with Crippen LogP contribution in [-0.2, 0) is 16.0 Å². The Morgan fingerprint density at radius 1 is 1.59 bits per heavy atom. The minimum atomic E-state index is -2.82. The van der Waals surface area contributed by atoms with E-state index in [0.29, 0.717) is 0 Å². The van der Waals surface area contributed by atoms with Crippen molar-refractivity contribution >= 4 is 11.7 Å². The molecule has 0 amide bonds. The van der Waals surface area contributed by atoms with Crippen molar-refractivity contribution in [3.8, 4) is 0 Å². The topological polar surface area (TPSA) is 85.2 Å². The normalized spacial score (nSPS) is 10.6. The molecule has 0 aliphatic carbocycles. The number of carbonyl (C=O) groups excluding carboxylic acids is 1. The van der Waals surface area contributed by atoms with E-state index in [9.17, 15) is 18.4 Å². The van der Waals surface area contributed by atoms with E-state index in [4.69, 9.17) is 5.73 Å². The maximum Gasteiger partial charge on any atom is 0.310 e. The maximum absolute atomic E-state index is 12.3. The average Bonchev–Trinajstić information content (AvgIpc) is 2.23. The van der Waals surface area contributed by atoms with Crippen LogP contribution in [0.3, 0.4) is 0 Å². The highest BCUT2D eigenvalue weighted by Gasteiger charge is 2.16. The molecule has 0 spiro atoms. The molecular formula is C10H12F2N2O3. The number of esters is 1. The SMILES string of the molecule is CCOC(=O)Cc1c(N)cc(C(F)F)[nH]c1=O. The van der Waals surface area contributed by atoms with Crippen LogP contribution in [0.15, 0.2) is 10.9 Å². The van der Waals surface area contributed by atoms with E-state index >= 15 is 0 Å². The fourth-order valence-corrected chi connectivity index (χ4v) is 1.28. The molecule has 7 heteroatoms. The quantitative estimate of drug-likeness (QED) is 0.776. The zero-order valence-electron chi connectivity index (χ0n) is 9.13. The first kappa shape index (κ1) is 13.1. The number of hydrogen-bond donors (Lipinski definition) is 2. The van der Waals surface area contributed by atoms with Crippen LogP contribution < -0.4 is 11.3 Å². The lowest BCUT2D eigenvalue weighted by molar-refractivity contribution is -0.142. The Labute approximate surface area is 95.6 Å². The van der Waals surface area contributed by atoms with Crippen molar-refractivity contribution in [2.45, 2.75) is 19.8 Å². The summed E-state index contributed by atoms with van der Waals surface area (Å²) in [5.41, 5.74) is 3.87. The van der Waals surface area contributed by atoms with Crippen LogP contribution >= 0.6 is 0 Å². The Morgan fingerprint density at radius 2 is 2.24 bits per heavy atom. The van der Waals surface area contributed by atoms with Crippen molar-refractivity contribution in [1.82, 2.24) is 4.98 Å². The van der Waals surface area contributed by atoms with Gasteiger partial charge >= 0.3 is 5.97 Å². The number of aromatic nitrogens is 1. The number of nitrogens with one attached hydrogen (secondary N) is 1. The van der Waals surface area contributed by atoms with E-state index in [1.807, 2.05) is 4.98 Å². The Balaban J connectivity index is 3.02. The van der Waals surface area contributed by atoms with Gasteiger partial charge in [0.1, 0.15) is 0 Å². The van der Waals surface area contributed by atoms with Gasteiger partial charge in [-0.3, -0.25) is 9.59 Å². The van der Waals surface area contributed by atoms with Gasteiger partial charge in [0.15, 0.2) is 0 Å². The molecule has 0 unspecified atom stereocenters. The van der Waals surface area contributed by atoms with E-state index in [2.05, 4.69) is 4.74 Å². The third kappa shape index (κ3) is 3.27. The highest BCUT2D eigenvalue weighted by atomic mass is 19.3. The molecule has 5 nitrogen and oxygen atoms in total. The van der Waals surface area contributed by atoms with Crippen molar-refractivity contribution in [3.63, 3.8) is 0 Å². The summed E-state index contributed by atoms with van der Waals surface area (Å²) in [5, 5.41) is 0. The molecule has 0 aliphatic heterocycles. The van der Waals surface area contributed by atoms with Crippen LogP contribution in [0.2, 0.25) is 0 Å². The summed E-state index contributed by atoms with van der Waals surface area (Å²) in [6, 6.07) is 0.945. The first-order valence-electron chi connectivity index (χ1n) is 4.91. The van der Waals surface area contributed by atoms with Crippen LogP contribution in [0.1, 0.15) is 24.6 Å². The number of rotatable bonds is 4. The second-order valence-corrected chi connectivity index (χ2v) is 3.27. The Bertz CT molecular complexity index is 471. The molecule has 0 saturated carbocycles. The number of anilines is 1. The highest BCUT2D eigenvalue weighted by Crippen LogP contribution is 2.18. The summed E-state index contributed by atoms with van der Waals surface area (Å²) in [6.07, 6.45) is -3.15. The van der Waals surface area contributed by atoms with Gasteiger partial charge in [-0.15, -0.1) is 0 Å². The van der Waals surface area contributed by atoms with Crippen molar-refractivity contribution < 1.29 is 18.3 Å². The summed E-state index contributed by atoms with van der Waals surface area (Å²) < 4.78 is 29.3. The van der Waals surface area contributed by atoms with Crippen LogP contribution in [0.5, 0.6) is 0 Å². The number of alkyl halides is 2. The number of nitrogen functional groups attached to an aromatic ring is 1. The number of aromatic amines is 1. The van der Waals surface area contributed by atoms with Crippen molar-refractivity contribution in [2.75, 3.05) is 12.3 Å². The second-order valence-electron chi connectivity index (χ2n) is 3.27. The lowest BCUT2D eigenvalue weighted by Gasteiger charge is -2.07. The van der Waals surface area contributed by atoms with Gasteiger partial charge in [0.05, 0.1) is 24.3 Å². The molecule has 1 aromatic rings. The van der Waals surface area contributed by atoms with E-state index in [0.717, 1.165) is 6.07 Å². The van der Waals surface area contributed by atoms with E-state index in [1.54, 1.807) is 6.92 Å². The third-order valence-electron chi connectivity index (χ3n) is 2.05. The minimum absolute atomic E-state index is 0.0622. The van der Waals surface area contributed by atoms with Crippen molar-refractivity contribution in [2.24, 2.45) is 0 Å². The Morgan fingerprint density at radius 3 is 2.71 bits per heavy atom. The zero-order valence-corrected chi connectivity index (χ0v) is 9.13. The summed E-state index contributed by atoms with van der Waals surface area (Å²) in [7, 11) is 0. The number of nitrogens with two attached hydrogens (primary N) is 1. The van der Waals surface area contributed by atoms with Gasteiger partial charge < -0.3 is 15.5 Å². The van der Waals surface area contributed by atoms with Gasteiger partial charge in [-0.2, -0.15) is 0 Å². The molecule has 1 heterocycles. The van der Waals surface area contributed by atoms with Crippen LogP contribution in [0.4, 0.5) is 14.5 Å². The molecule has 1 rings (SSSR count). The molecule has 94 valence electrons. The van der Waals surface area contributed by atoms with Gasteiger partial charge in [-0.05, 0) is 13.0 Å². The third-order valence-corrected chi connectivity index (χ3v) is 2.05. The number of pyridine rings is 1. The summed E-state index contributed by atoms with van der Waals surface area (Å²) >= 11 is 0. The summed E-state index contributed by atoms with van der Waals surface area (Å²) in [5.74, 6) is -0.630. The maximum atomic E-state index is 12.3. The molecule has 0 aliphatic rings. The molecule has 0 saturated heterocycles. The number of halogens is 2. The summed E-state index contributed by atoms with van der Waals surface area (Å²) in [6.45, 7) is 1.79. The molecule has 0 fully saturated rings. The van der Waals surface area contributed by atoms with E-state index in [1.165, 1.54) is 0 Å². The number of ether oxygens (including phenoxy) is 1. The predicted molar refractivity (Wildman–Crippen MR) is 56.8 cm³/mol. The lowest BCUT2D eigenvalue weighted by Crippen LogP contribution is -2.21. The zero-order chi connectivity index (χ0) is 13.0. The first-order chi connectivity index (χ1) is 7.95. The molecule has 0 aromatic carbocycles. The second kappa shape index (κ2) is 5.42. The predicted octanol–water partition coefficient (Wildman–Crippen LogP) is 1.00. The van der Waals surface area contributed by atoms with E-state index in [-0.39, 0.29) is 24.3 Å². The lowest BCUT2D eigenvalue weighted by atomic mass is 10.1. The summed E-state index contributed by atoms with van der Waals surface area (Å²) in [4.78, 5) is 24.6. The molecule has 1 aromatic heterocycles. The van der Waals surface area contributed by atoms with E-state index < -0.39 is 23.6 Å². The van der Waals surface area contributed by atoms with Crippen molar-refractivity contribution in [3.05, 3.63) is 27.7 Å².